The van der Waals surface area contributed by atoms with Crippen LogP contribution >= 0.6 is 11.3 Å². The predicted octanol–water partition coefficient (Wildman–Crippen LogP) is 16.5. The Morgan fingerprint density at radius 1 is 0.276 bits per heavy atom. The molecule has 0 aliphatic carbocycles. The molecule has 0 unspecified atom stereocenters. The van der Waals surface area contributed by atoms with Crippen molar-refractivity contribution in [2.24, 2.45) is 0 Å². The molecule has 0 N–H and O–H groups in total. The van der Waals surface area contributed by atoms with Crippen LogP contribution in [0.3, 0.4) is 0 Å². The van der Waals surface area contributed by atoms with Crippen LogP contribution in [0.15, 0.2) is 224 Å². The molecule has 11 rings (SSSR count). The average molecular weight is 756 g/mol. The number of benzene rings is 10. The van der Waals surface area contributed by atoms with Crippen LogP contribution in [0.1, 0.15) is 0 Å². The monoisotopic (exact) mass is 755 g/mol. The minimum absolute atomic E-state index is 1.09. The Labute approximate surface area is 342 Å². The third-order valence-electron chi connectivity index (χ3n) is 11.4. The number of fused-ring (bicyclic) bond motifs is 5. The highest BCUT2D eigenvalue weighted by Crippen LogP contribution is 2.45. The summed E-state index contributed by atoms with van der Waals surface area (Å²) in [6.45, 7) is 0. The zero-order chi connectivity index (χ0) is 38.4. The number of thiophene rings is 1. The van der Waals surface area contributed by atoms with E-state index in [1.807, 2.05) is 11.3 Å². The lowest BCUT2D eigenvalue weighted by atomic mass is 9.95. The number of hydrogen-bond donors (Lipinski definition) is 0. The summed E-state index contributed by atoms with van der Waals surface area (Å²) in [5.74, 6) is 0. The van der Waals surface area contributed by atoms with E-state index in [-0.39, 0.29) is 0 Å². The van der Waals surface area contributed by atoms with E-state index >= 15 is 0 Å². The van der Waals surface area contributed by atoms with Crippen LogP contribution in [0.5, 0.6) is 0 Å². The molecule has 0 saturated heterocycles. The summed E-state index contributed by atoms with van der Waals surface area (Å²) in [4.78, 5) is 2.44. The van der Waals surface area contributed by atoms with Crippen molar-refractivity contribution in [2.45, 2.75) is 0 Å². The second kappa shape index (κ2) is 14.4. The highest BCUT2D eigenvalue weighted by atomic mass is 32.1. The van der Waals surface area contributed by atoms with Gasteiger partial charge < -0.3 is 4.90 Å². The summed E-state index contributed by atoms with van der Waals surface area (Å²) in [5.41, 5.74) is 12.8. The third-order valence-corrected chi connectivity index (χ3v) is 12.6. The number of anilines is 3. The average Bonchev–Trinajstić information content (AvgIpc) is 3.67. The molecule has 272 valence electrons. The first-order valence-electron chi connectivity index (χ1n) is 19.8. The summed E-state index contributed by atoms with van der Waals surface area (Å²) >= 11 is 1.86. The molecule has 0 atom stereocenters. The van der Waals surface area contributed by atoms with Gasteiger partial charge in [0.15, 0.2) is 0 Å². The Bertz CT molecular complexity index is 3290. The van der Waals surface area contributed by atoms with Crippen molar-refractivity contribution in [3.05, 3.63) is 224 Å². The van der Waals surface area contributed by atoms with Gasteiger partial charge in [0.2, 0.25) is 0 Å². The number of rotatable bonds is 7. The van der Waals surface area contributed by atoms with Crippen LogP contribution in [0.2, 0.25) is 0 Å². The summed E-state index contributed by atoms with van der Waals surface area (Å²) in [6.07, 6.45) is 0. The second-order valence-corrected chi connectivity index (χ2v) is 16.0. The zero-order valence-electron chi connectivity index (χ0n) is 31.7. The molecular formula is C56H37NS. The Hall–Kier alpha value is -7.26. The van der Waals surface area contributed by atoms with Crippen LogP contribution in [0.4, 0.5) is 17.1 Å². The van der Waals surface area contributed by atoms with Crippen molar-refractivity contribution in [3.63, 3.8) is 0 Å². The van der Waals surface area contributed by atoms with Crippen molar-refractivity contribution in [3.8, 4) is 44.5 Å². The van der Waals surface area contributed by atoms with E-state index in [0.29, 0.717) is 0 Å². The van der Waals surface area contributed by atoms with Crippen molar-refractivity contribution < 1.29 is 0 Å². The summed E-state index contributed by atoms with van der Waals surface area (Å²) in [6, 6.07) is 82.2. The molecule has 10 aromatic carbocycles. The van der Waals surface area contributed by atoms with Gasteiger partial charge in [0.25, 0.3) is 0 Å². The van der Waals surface area contributed by atoms with Gasteiger partial charge in [-0.15, -0.1) is 11.3 Å². The predicted molar refractivity (Wildman–Crippen MR) is 251 cm³/mol. The Morgan fingerprint density at radius 2 is 0.810 bits per heavy atom. The fourth-order valence-corrected chi connectivity index (χ4v) is 9.54. The Morgan fingerprint density at radius 3 is 1.57 bits per heavy atom. The van der Waals surface area contributed by atoms with Gasteiger partial charge in [-0.3, -0.25) is 0 Å². The van der Waals surface area contributed by atoms with Gasteiger partial charge in [-0.05, 0) is 121 Å². The molecule has 0 spiro atoms. The van der Waals surface area contributed by atoms with E-state index in [1.165, 1.54) is 86.2 Å². The van der Waals surface area contributed by atoms with E-state index < -0.39 is 0 Å². The minimum atomic E-state index is 1.09. The van der Waals surface area contributed by atoms with Crippen LogP contribution < -0.4 is 4.90 Å². The molecule has 0 amide bonds. The van der Waals surface area contributed by atoms with Gasteiger partial charge in [0.05, 0.1) is 5.69 Å². The smallest absolute Gasteiger partial charge is 0.0546 e. The van der Waals surface area contributed by atoms with Gasteiger partial charge >= 0.3 is 0 Å². The highest BCUT2D eigenvalue weighted by molar-refractivity contribution is 7.25. The van der Waals surface area contributed by atoms with Gasteiger partial charge in [-0.2, -0.15) is 0 Å². The van der Waals surface area contributed by atoms with E-state index in [2.05, 4.69) is 229 Å². The molecule has 2 heteroatoms. The summed E-state index contributed by atoms with van der Waals surface area (Å²) < 4.78 is 2.63. The van der Waals surface area contributed by atoms with Crippen molar-refractivity contribution in [2.75, 3.05) is 4.90 Å². The van der Waals surface area contributed by atoms with Crippen LogP contribution in [-0.4, -0.2) is 0 Å². The molecule has 0 bridgehead atoms. The number of nitrogens with zero attached hydrogens (tertiary/aromatic N) is 1. The lowest BCUT2D eigenvalue weighted by molar-refractivity contribution is 1.28. The first-order chi connectivity index (χ1) is 28.7. The fraction of sp³-hybridized carbons (Fsp3) is 0. The van der Waals surface area contributed by atoms with Crippen LogP contribution in [0, 0.1) is 0 Å². The molecule has 1 nitrogen and oxygen atoms in total. The van der Waals surface area contributed by atoms with Gasteiger partial charge in [0, 0.05) is 37.1 Å². The van der Waals surface area contributed by atoms with E-state index in [4.69, 9.17) is 0 Å². The van der Waals surface area contributed by atoms with Crippen LogP contribution in [0.25, 0.3) is 86.2 Å². The third kappa shape index (κ3) is 6.21. The lowest BCUT2D eigenvalue weighted by Crippen LogP contribution is -2.11. The maximum Gasteiger partial charge on any atom is 0.0546 e. The Kier molecular flexibility index (Phi) is 8.42. The van der Waals surface area contributed by atoms with E-state index in [1.54, 1.807) is 0 Å². The van der Waals surface area contributed by atoms with E-state index in [9.17, 15) is 0 Å². The topological polar surface area (TPSA) is 3.24 Å². The molecule has 1 heterocycles. The lowest BCUT2D eigenvalue weighted by Gasteiger charge is -2.29. The van der Waals surface area contributed by atoms with E-state index in [0.717, 1.165) is 17.1 Å². The first-order valence-corrected chi connectivity index (χ1v) is 20.6. The molecular weight excluding hydrogens is 719 g/mol. The van der Waals surface area contributed by atoms with Gasteiger partial charge in [-0.25, -0.2) is 0 Å². The maximum absolute atomic E-state index is 2.44. The molecule has 0 radical (unpaired) electrons. The minimum Gasteiger partial charge on any atom is -0.310 e. The van der Waals surface area contributed by atoms with Gasteiger partial charge in [0.1, 0.15) is 0 Å². The highest BCUT2D eigenvalue weighted by Gasteiger charge is 2.20. The Balaban J connectivity index is 1.10. The van der Waals surface area contributed by atoms with Crippen molar-refractivity contribution in [1.29, 1.82) is 0 Å². The molecule has 0 fully saturated rings. The van der Waals surface area contributed by atoms with Crippen LogP contribution in [-0.2, 0) is 0 Å². The summed E-state index contributed by atoms with van der Waals surface area (Å²) in [5, 5.41) is 7.59. The molecule has 0 aliphatic heterocycles. The first kappa shape index (κ1) is 34.0. The largest absolute Gasteiger partial charge is 0.310 e. The van der Waals surface area contributed by atoms with Gasteiger partial charge in [-0.1, -0.05) is 164 Å². The zero-order valence-corrected chi connectivity index (χ0v) is 32.5. The standard InChI is InChI=1S/C56H37NS/c1-2-13-41(14-3-1)51-31-27-48(46-24-22-39-12-5-7-16-43(39)34-46)37-54(51)57(49-29-25-40(26-30-49)45-23-21-38-11-4-6-15-42(38)33-45)50-18-10-17-44(35-50)47-28-32-56-53(36-47)52-19-8-9-20-55(52)58-56/h1-37H. The summed E-state index contributed by atoms with van der Waals surface area (Å²) in [7, 11) is 0. The molecule has 1 aromatic heterocycles. The van der Waals surface area contributed by atoms with Crippen molar-refractivity contribution in [1.82, 2.24) is 0 Å². The molecule has 11 aromatic rings. The molecule has 58 heavy (non-hydrogen) atoms. The normalized spacial score (nSPS) is 11.4. The van der Waals surface area contributed by atoms with Crippen molar-refractivity contribution >= 4 is 70.1 Å². The SMILES string of the molecule is c1ccc(-c2ccc(-c3ccc4ccccc4c3)cc2N(c2ccc(-c3ccc4ccccc4c3)cc2)c2cccc(-c3ccc4sc5ccccc5c4c3)c2)cc1. The molecule has 0 aliphatic rings. The fourth-order valence-electron chi connectivity index (χ4n) is 8.46. The maximum atomic E-state index is 2.44. The number of hydrogen-bond acceptors (Lipinski definition) is 2. The second-order valence-electron chi connectivity index (χ2n) is 15.0. The molecule has 0 saturated carbocycles. The quantitative estimate of drug-likeness (QED) is 0.157.